The minimum Gasteiger partial charge on any atom is -0.480 e. The monoisotopic (exact) mass is 211 g/mol. The van der Waals surface area contributed by atoms with Gasteiger partial charge in [0.15, 0.2) is 0 Å². The first kappa shape index (κ1) is 12.2. The highest BCUT2D eigenvalue weighted by molar-refractivity contribution is 5.78. The van der Waals surface area contributed by atoms with Crippen molar-refractivity contribution in [2.75, 3.05) is 13.1 Å². The smallest absolute Gasteiger partial charge is 0.324 e. The van der Waals surface area contributed by atoms with Gasteiger partial charge in [-0.1, -0.05) is 25.5 Å². The first-order valence-electron chi connectivity index (χ1n) is 5.71. The lowest BCUT2D eigenvalue weighted by Gasteiger charge is -2.40. The Bertz CT molecular complexity index is 267. The van der Waals surface area contributed by atoms with Crippen LogP contribution in [0, 0.1) is 0 Å². The lowest BCUT2D eigenvalue weighted by atomic mass is 9.89. The number of carboxylic acid groups (broad SMARTS) is 1. The molecule has 1 aliphatic heterocycles. The van der Waals surface area contributed by atoms with Crippen LogP contribution in [-0.2, 0) is 4.79 Å². The van der Waals surface area contributed by atoms with E-state index in [0.717, 1.165) is 19.5 Å². The summed E-state index contributed by atoms with van der Waals surface area (Å²) in [6, 6.07) is 0. The molecule has 1 heterocycles. The second kappa shape index (κ2) is 4.79. The Morgan fingerprint density at radius 1 is 1.53 bits per heavy atom. The topological polar surface area (TPSA) is 40.5 Å². The van der Waals surface area contributed by atoms with Crippen LogP contribution in [0.2, 0.25) is 0 Å². The third-order valence-electron chi connectivity index (χ3n) is 3.61. The van der Waals surface area contributed by atoms with Crippen molar-refractivity contribution < 1.29 is 9.90 Å². The van der Waals surface area contributed by atoms with Crippen LogP contribution in [-0.4, -0.2) is 34.6 Å². The van der Waals surface area contributed by atoms with Gasteiger partial charge in [-0.3, -0.25) is 9.69 Å². The molecule has 0 atom stereocenters. The summed E-state index contributed by atoms with van der Waals surface area (Å²) in [4.78, 5) is 13.5. The van der Waals surface area contributed by atoms with E-state index in [4.69, 9.17) is 0 Å². The van der Waals surface area contributed by atoms with Crippen LogP contribution in [0.3, 0.4) is 0 Å². The van der Waals surface area contributed by atoms with Gasteiger partial charge in [0.2, 0.25) is 0 Å². The predicted octanol–water partition coefficient (Wildman–Crippen LogP) is 2.28. The third-order valence-corrected chi connectivity index (χ3v) is 3.61. The standard InChI is InChI=1S/C12H21NO2/c1-4-12(5-2,11(14)15)13-8-6-10(3)7-9-13/h6H,4-5,7-9H2,1-3H3,(H,14,15). The SMILES string of the molecule is CCC(CC)(C(=O)O)N1CC=C(C)CC1. The molecule has 3 nitrogen and oxygen atoms in total. The molecule has 15 heavy (non-hydrogen) atoms. The summed E-state index contributed by atoms with van der Waals surface area (Å²) in [6.07, 6.45) is 4.49. The highest BCUT2D eigenvalue weighted by Crippen LogP contribution is 2.27. The fraction of sp³-hybridized carbons (Fsp3) is 0.750. The van der Waals surface area contributed by atoms with Gasteiger partial charge in [0.1, 0.15) is 5.54 Å². The lowest BCUT2D eigenvalue weighted by Crippen LogP contribution is -2.55. The van der Waals surface area contributed by atoms with Crippen LogP contribution in [0.5, 0.6) is 0 Å². The van der Waals surface area contributed by atoms with Gasteiger partial charge in [-0.2, -0.15) is 0 Å². The van der Waals surface area contributed by atoms with Crippen molar-refractivity contribution >= 4 is 5.97 Å². The van der Waals surface area contributed by atoms with Gasteiger partial charge in [0.25, 0.3) is 0 Å². The normalized spacial score (nSPS) is 18.7. The molecule has 3 heteroatoms. The van der Waals surface area contributed by atoms with Crippen molar-refractivity contribution in [1.82, 2.24) is 4.90 Å². The van der Waals surface area contributed by atoms with Gasteiger partial charge in [0, 0.05) is 13.1 Å². The van der Waals surface area contributed by atoms with Gasteiger partial charge in [-0.25, -0.2) is 0 Å². The number of carboxylic acids is 1. The van der Waals surface area contributed by atoms with Crippen LogP contribution < -0.4 is 0 Å². The van der Waals surface area contributed by atoms with E-state index in [9.17, 15) is 9.90 Å². The van der Waals surface area contributed by atoms with Gasteiger partial charge in [0.05, 0.1) is 0 Å². The Hall–Kier alpha value is -0.830. The van der Waals surface area contributed by atoms with E-state index in [0.29, 0.717) is 12.8 Å². The highest BCUT2D eigenvalue weighted by Gasteiger charge is 2.40. The van der Waals surface area contributed by atoms with Crippen LogP contribution in [0.1, 0.15) is 40.0 Å². The quantitative estimate of drug-likeness (QED) is 0.725. The summed E-state index contributed by atoms with van der Waals surface area (Å²) in [5.74, 6) is -0.680. The summed E-state index contributed by atoms with van der Waals surface area (Å²) in [5, 5.41) is 9.38. The highest BCUT2D eigenvalue weighted by atomic mass is 16.4. The Labute approximate surface area is 91.8 Å². The molecule has 86 valence electrons. The Morgan fingerprint density at radius 3 is 2.47 bits per heavy atom. The van der Waals surface area contributed by atoms with E-state index in [1.807, 2.05) is 13.8 Å². The molecule has 1 aliphatic rings. The molecule has 0 amide bonds. The number of nitrogens with zero attached hydrogens (tertiary/aromatic N) is 1. The van der Waals surface area contributed by atoms with E-state index in [-0.39, 0.29) is 0 Å². The van der Waals surface area contributed by atoms with Crippen molar-refractivity contribution in [3.05, 3.63) is 11.6 Å². The van der Waals surface area contributed by atoms with Crippen molar-refractivity contribution in [3.63, 3.8) is 0 Å². The van der Waals surface area contributed by atoms with E-state index >= 15 is 0 Å². The first-order valence-corrected chi connectivity index (χ1v) is 5.71. The predicted molar refractivity (Wildman–Crippen MR) is 60.9 cm³/mol. The lowest BCUT2D eigenvalue weighted by molar-refractivity contribution is -0.152. The van der Waals surface area contributed by atoms with E-state index in [1.165, 1.54) is 5.57 Å². The first-order chi connectivity index (χ1) is 7.06. The van der Waals surface area contributed by atoms with Crippen LogP contribution in [0.25, 0.3) is 0 Å². The van der Waals surface area contributed by atoms with Crippen molar-refractivity contribution in [3.8, 4) is 0 Å². The third kappa shape index (κ3) is 2.23. The zero-order valence-electron chi connectivity index (χ0n) is 9.92. The fourth-order valence-electron chi connectivity index (χ4n) is 2.29. The second-order valence-corrected chi connectivity index (χ2v) is 4.29. The molecule has 0 aliphatic carbocycles. The maximum Gasteiger partial charge on any atom is 0.324 e. The largest absolute Gasteiger partial charge is 0.480 e. The number of rotatable bonds is 4. The van der Waals surface area contributed by atoms with E-state index in [1.54, 1.807) is 0 Å². The molecular formula is C12H21NO2. The molecule has 0 bridgehead atoms. The van der Waals surface area contributed by atoms with Crippen molar-refractivity contribution in [1.29, 1.82) is 0 Å². The molecule has 1 rings (SSSR count). The van der Waals surface area contributed by atoms with Gasteiger partial charge < -0.3 is 5.11 Å². The number of carbonyl (C=O) groups is 1. The maximum atomic E-state index is 11.4. The molecule has 0 unspecified atom stereocenters. The summed E-state index contributed by atoms with van der Waals surface area (Å²) in [7, 11) is 0. The molecule has 0 aromatic heterocycles. The second-order valence-electron chi connectivity index (χ2n) is 4.29. The minimum atomic E-state index is -0.680. The number of aliphatic carboxylic acids is 1. The summed E-state index contributed by atoms with van der Waals surface area (Å²) in [6.45, 7) is 7.68. The average Bonchev–Trinajstić information content (AvgIpc) is 2.22. The average molecular weight is 211 g/mol. The number of hydrogen-bond donors (Lipinski definition) is 1. The van der Waals surface area contributed by atoms with Gasteiger partial charge in [-0.05, 0) is 26.2 Å². The molecule has 0 spiro atoms. The molecule has 0 fully saturated rings. The zero-order chi connectivity index (χ0) is 11.5. The molecule has 0 aromatic carbocycles. The Morgan fingerprint density at radius 2 is 2.13 bits per heavy atom. The number of hydrogen-bond acceptors (Lipinski definition) is 2. The minimum absolute atomic E-state index is 0.656. The van der Waals surface area contributed by atoms with Crippen molar-refractivity contribution in [2.24, 2.45) is 0 Å². The molecule has 0 aromatic rings. The molecule has 0 saturated heterocycles. The van der Waals surface area contributed by atoms with Crippen LogP contribution in [0.4, 0.5) is 0 Å². The summed E-state index contributed by atoms with van der Waals surface area (Å²) in [5.41, 5.74) is 0.717. The summed E-state index contributed by atoms with van der Waals surface area (Å²) >= 11 is 0. The fourth-order valence-corrected chi connectivity index (χ4v) is 2.29. The zero-order valence-corrected chi connectivity index (χ0v) is 9.92. The van der Waals surface area contributed by atoms with Gasteiger partial charge in [-0.15, -0.1) is 0 Å². The molecular weight excluding hydrogens is 190 g/mol. The van der Waals surface area contributed by atoms with Crippen LogP contribution in [0.15, 0.2) is 11.6 Å². The van der Waals surface area contributed by atoms with Crippen molar-refractivity contribution in [2.45, 2.75) is 45.6 Å². The Kier molecular flexibility index (Phi) is 3.91. The van der Waals surface area contributed by atoms with E-state index < -0.39 is 11.5 Å². The molecule has 0 radical (unpaired) electrons. The van der Waals surface area contributed by atoms with E-state index in [2.05, 4.69) is 17.9 Å². The Balaban J connectivity index is 2.86. The summed E-state index contributed by atoms with van der Waals surface area (Å²) < 4.78 is 0. The molecule has 0 saturated carbocycles. The molecule has 1 N–H and O–H groups in total. The van der Waals surface area contributed by atoms with Crippen LogP contribution >= 0.6 is 0 Å². The van der Waals surface area contributed by atoms with Gasteiger partial charge >= 0.3 is 5.97 Å². The maximum absolute atomic E-state index is 11.4.